The summed E-state index contributed by atoms with van der Waals surface area (Å²) in [4.78, 5) is 12.0. The SMILES string of the molecule is CC(NC(=O)C1CCNCC1)C1CCCO1.Cl. The van der Waals surface area contributed by atoms with E-state index in [-0.39, 0.29) is 36.4 Å². The van der Waals surface area contributed by atoms with Crippen LogP contribution in [0.5, 0.6) is 0 Å². The number of halogens is 1. The van der Waals surface area contributed by atoms with E-state index in [4.69, 9.17) is 4.74 Å². The highest BCUT2D eigenvalue weighted by atomic mass is 35.5. The third-order valence-corrected chi connectivity index (χ3v) is 3.60. The minimum Gasteiger partial charge on any atom is -0.376 e. The molecule has 100 valence electrons. The van der Waals surface area contributed by atoms with Crippen LogP contribution < -0.4 is 10.6 Å². The highest BCUT2D eigenvalue weighted by Crippen LogP contribution is 2.17. The molecule has 17 heavy (non-hydrogen) atoms. The molecule has 0 bridgehead atoms. The van der Waals surface area contributed by atoms with Crippen molar-refractivity contribution in [1.82, 2.24) is 10.6 Å². The lowest BCUT2D eigenvalue weighted by Gasteiger charge is -2.26. The largest absolute Gasteiger partial charge is 0.376 e. The summed E-state index contributed by atoms with van der Waals surface area (Å²) in [7, 11) is 0. The Bertz CT molecular complexity index is 239. The molecule has 2 aliphatic rings. The van der Waals surface area contributed by atoms with Crippen molar-refractivity contribution in [2.24, 2.45) is 5.92 Å². The Hall–Kier alpha value is -0.320. The monoisotopic (exact) mass is 262 g/mol. The van der Waals surface area contributed by atoms with Crippen LogP contribution in [0.3, 0.4) is 0 Å². The van der Waals surface area contributed by atoms with Crippen molar-refractivity contribution < 1.29 is 9.53 Å². The minimum absolute atomic E-state index is 0. The van der Waals surface area contributed by atoms with Gasteiger partial charge in [-0.3, -0.25) is 4.79 Å². The highest BCUT2D eigenvalue weighted by molar-refractivity contribution is 5.85. The normalized spacial score (nSPS) is 27.2. The first-order valence-electron chi connectivity index (χ1n) is 6.40. The van der Waals surface area contributed by atoms with E-state index in [1.165, 1.54) is 0 Å². The summed E-state index contributed by atoms with van der Waals surface area (Å²) in [5, 5.41) is 6.37. The maximum absolute atomic E-state index is 12.0. The van der Waals surface area contributed by atoms with Crippen molar-refractivity contribution in [1.29, 1.82) is 0 Å². The molecular weight excluding hydrogens is 240 g/mol. The molecule has 2 rings (SSSR count). The summed E-state index contributed by atoms with van der Waals surface area (Å²) in [5.74, 6) is 0.412. The molecule has 2 atom stereocenters. The standard InChI is InChI=1S/C12H22N2O2.ClH/c1-9(11-3-2-8-16-11)14-12(15)10-4-6-13-7-5-10;/h9-11,13H,2-8H2,1H3,(H,14,15);1H. The van der Waals surface area contributed by atoms with Gasteiger partial charge in [0.05, 0.1) is 12.1 Å². The molecule has 0 aromatic rings. The molecule has 2 heterocycles. The Labute approximate surface area is 109 Å². The first kappa shape index (κ1) is 14.7. The average Bonchev–Trinajstić information content (AvgIpc) is 2.83. The van der Waals surface area contributed by atoms with Crippen LogP contribution in [0.25, 0.3) is 0 Å². The van der Waals surface area contributed by atoms with Crippen LogP contribution in [0.4, 0.5) is 0 Å². The lowest BCUT2D eigenvalue weighted by molar-refractivity contribution is -0.127. The Morgan fingerprint density at radius 3 is 2.65 bits per heavy atom. The van der Waals surface area contributed by atoms with Crippen molar-refractivity contribution >= 4 is 18.3 Å². The Kier molecular flexibility index (Phi) is 6.23. The molecule has 0 radical (unpaired) electrons. The van der Waals surface area contributed by atoms with E-state index in [1.807, 2.05) is 0 Å². The van der Waals surface area contributed by atoms with Crippen LogP contribution >= 0.6 is 12.4 Å². The van der Waals surface area contributed by atoms with Crippen LogP contribution in [0.1, 0.15) is 32.6 Å². The van der Waals surface area contributed by atoms with Gasteiger partial charge in [-0.15, -0.1) is 12.4 Å². The summed E-state index contributed by atoms with van der Waals surface area (Å²) in [5.41, 5.74) is 0. The van der Waals surface area contributed by atoms with Crippen molar-refractivity contribution in [3.8, 4) is 0 Å². The topological polar surface area (TPSA) is 50.4 Å². The summed E-state index contributed by atoms with van der Waals surface area (Å²) in [6.07, 6.45) is 4.35. The van der Waals surface area contributed by atoms with Crippen LogP contribution in [-0.4, -0.2) is 37.7 Å². The minimum atomic E-state index is 0. The summed E-state index contributed by atoms with van der Waals surface area (Å²) in [6, 6.07) is 0.157. The third-order valence-electron chi connectivity index (χ3n) is 3.60. The van der Waals surface area contributed by atoms with Crippen LogP contribution in [-0.2, 0) is 9.53 Å². The van der Waals surface area contributed by atoms with E-state index in [1.54, 1.807) is 0 Å². The molecule has 5 heteroatoms. The van der Waals surface area contributed by atoms with E-state index in [0.29, 0.717) is 0 Å². The van der Waals surface area contributed by atoms with Crippen molar-refractivity contribution in [2.75, 3.05) is 19.7 Å². The van der Waals surface area contributed by atoms with Crippen LogP contribution in [0, 0.1) is 5.92 Å². The number of carbonyl (C=O) groups excluding carboxylic acids is 1. The molecule has 0 aromatic carbocycles. The van der Waals surface area contributed by atoms with E-state index in [2.05, 4.69) is 17.6 Å². The Balaban J connectivity index is 0.00000144. The molecule has 2 fully saturated rings. The third kappa shape index (κ3) is 4.12. The van der Waals surface area contributed by atoms with Gasteiger partial charge in [-0.1, -0.05) is 0 Å². The van der Waals surface area contributed by atoms with Gasteiger partial charge in [-0.2, -0.15) is 0 Å². The first-order chi connectivity index (χ1) is 7.77. The number of ether oxygens (including phenoxy) is 1. The zero-order valence-corrected chi connectivity index (χ0v) is 11.2. The fourth-order valence-electron chi connectivity index (χ4n) is 2.52. The number of rotatable bonds is 3. The van der Waals surface area contributed by atoms with Gasteiger partial charge in [0, 0.05) is 12.5 Å². The molecule has 1 amide bonds. The molecule has 2 N–H and O–H groups in total. The number of hydrogen-bond donors (Lipinski definition) is 2. The van der Waals surface area contributed by atoms with E-state index < -0.39 is 0 Å². The molecule has 0 saturated carbocycles. The van der Waals surface area contributed by atoms with Crippen LogP contribution in [0.15, 0.2) is 0 Å². The highest BCUT2D eigenvalue weighted by Gasteiger charge is 2.27. The first-order valence-corrected chi connectivity index (χ1v) is 6.40. The van der Waals surface area contributed by atoms with Gasteiger partial charge in [0.2, 0.25) is 5.91 Å². The molecular formula is C12H23ClN2O2. The maximum atomic E-state index is 12.0. The molecule has 0 spiro atoms. The lowest BCUT2D eigenvalue weighted by Crippen LogP contribution is -2.45. The zero-order valence-electron chi connectivity index (χ0n) is 10.4. The number of piperidine rings is 1. The van der Waals surface area contributed by atoms with Gasteiger partial charge in [0.25, 0.3) is 0 Å². The summed E-state index contributed by atoms with van der Waals surface area (Å²) in [6.45, 7) is 4.83. The second kappa shape index (κ2) is 7.19. The second-order valence-corrected chi connectivity index (χ2v) is 4.87. The summed E-state index contributed by atoms with van der Waals surface area (Å²) >= 11 is 0. The lowest BCUT2D eigenvalue weighted by atomic mass is 9.96. The molecule has 2 saturated heterocycles. The predicted octanol–water partition coefficient (Wildman–Crippen LogP) is 1.09. The second-order valence-electron chi connectivity index (χ2n) is 4.87. The number of amides is 1. The van der Waals surface area contributed by atoms with E-state index in [9.17, 15) is 4.79 Å². The molecule has 2 aliphatic heterocycles. The Morgan fingerprint density at radius 1 is 1.35 bits per heavy atom. The van der Waals surface area contributed by atoms with Gasteiger partial charge < -0.3 is 15.4 Å². The zero-order chi connectivity index (χ0) is 11.4. The molecule has 0 aliphatic carbocycles. The average molecular weight is 263 g/mol. The van der Waals surface area contributed by atoms with Gasteiger partial charge >= 0.3 is 0 Å². The quantitative estimate of drug-likeness (QED) is 0.801. The van der Waals surface area contributed by atoms with Crippen molar-refractivity contribution in [3.63, 3.8) is 0 Å². The smallest absolute Gasteiger partial charge is 0.223 e. The molecule has 2 unspecified atom stereocenters. The van der Waals surface area contributed by atoms with E-state index >= 15 is 0 Å². The van der Waals surface area contributed by atoms with E-state index in [0.717, 1.165) is 45.4 Å². The molecule has 4 nitrogen and oxygen atoms in total. The fraction of sp³-hybridized carbons (Fsp3) is 0.917. The number of nitrogens with one attached hydrogen (secondary N) is 2. The van der Waals surface area contributed by atoms with Gasteiger partial charge in [0.15, 0.2) is 0 Å². The van der Waals surface area contributed by atoms with Gasteiger partial charge in [0.1, 0.15) is 0 Å². The fourth-order valence-corrected chi connectivity index (χ4v) is 2.52. The van der Waals surface area contributed by atoms with Gasteiger partial charge in [-0.25, -0.2) is 0 Å². The Morgan fingerprint density at radius 2 is 2.06 bits per heavy atom. The van der Waals surface area contributed by atoms with Gasteiger partial charge in [-0.05, 0) is 45.7 Å². The van der Waals surface area contributed by atoms with Crippen molar-refractivity contribution in [2.45, 2.75) is 44.8 Å². The number of hydrogen-bond acceptors (Lipinski definition) is 3. The number of carbonyl (C=O) groups is 1. The summed E-state index contributed by atoms with van der Waals surface area (Å²) < 4.78 is 5.58. The maximum Gasteiger partial charge on any atom is 0.223 e. The van der Waals surface area contributed by atoms with Crippen LogP contribution in [0.2, 0.25) is 0 Å². The predicted molar refractivity (Wildman–Crippen MR) is 69.4 cm³/mol. The van der Waals surface area contributed by atoms with Crippen molar-refractivity contribution in [3.05, 3.63) is 0 Å². The molecule has 0 aromatic heterocycles.